The van der Waals surface area contributed by atoms with Gasteiger partial charge in [-0.05, 0) is 51.0 Å². The van der Waals surface area contributed by atoms with Gasteiger partial charge in [-0.15, -0.1) is 0 Å². The maximum absolute atomic E-state index is 12.4. The Balaban J connectivity index is 1.36. The number of amides is 1. The highest BCUT2D eigenvalue weighted by atomic mass is 16.2. The number of aromatic amines is 1. The van der Waals surface area contributed by atoms with Crippen molar-refractivity contribution in [1.82, 2.24) is 20.1 Å². The molecule has 3 heterocycles. The summed E-state index contributed by atoms with van der Waals surface area (Å²) in [5, 5.41) is 4.56. The summed E-state index contributed by atoms with van der Waals surface area (Å²) < 4.78 is 0. The lowest BCUT2D eigenvalue weighted by atomic mass is 10.0. The molecule has 1 aromatic heterocycles. The molecule has 0 bridgehead atoms. The van der Waals surface area contributed by atoms with Gasteiger partial charge in [0.2, 0.25) is 5.91 Å². The first-order chi connectivity index (χ1) is 11.7. The van der Waals surface area contributed by atoms with E-state index in [0.717, 1.165) is 45.4 Å². The van der Waals surface area contributed by atoms with Crippen molar-refractivity contribution in [2.45, 2.75) is 31.8 Å². The molecule has 5 nitrogen and oxygen atoms in total. The van der Waals surface area contributed by atoms with Gasteiger partial charge in [0.1, 0.15) is 0 Å². The van der Waals surface area contributed by atoms with Gasteiger partial charge in [-0.1, -0.05) is 18.2 Å². The Bertz CT molecular complexity index is 730. The molecule has 2 aromatic rings. The van der Waals surface area contributed by atoms with Gasteiger partial charge in [-0.3, -0.25) is 9.69 Å². The fourth-order valence-corrected chi connectivity index (χ4v) is 4.01. The van der Waals surface area contributed by atoms with Crippen molar-refractivity contribution in [1.29, 1.82) is 0 Å². The molecule has 0 atom stereocenters. The van der Waals surface area contributed by atoms with Crippen LogP contribution < -0.4 is 5.32 Å². The molecule has 2 aliphatic rings. The van der Waals surface area contributed by atoms with Crippen molar-refractivity contribution in [3.05, 3.63) is 35.5 Å². The molecule has 0 unspecified atom stereocenters. The number of likely N-dealkylation sites (tertiary alicyclic amines) is 1. The van der Waals surface area contributed by atoms with Crippen molar-refractivity contribution in [2.24, 2.45) is 0 Å². The zero-order valence-corrected chi connectivity index (χ0v) is 14.3. The van der Waals surface area contributed by atoms with Crippen molar-refractivity contribution in [3.63, 3.8) is 0 Å². The summed E-state index contributed by atoms with van der Waals surface area (Å²) in [4.78, 5) is 20.5. The van der Waals surface area contributed by atoms with Gasteiger partial charge in [0, 0.05) is 35.7 Å². The number of para-hydroxylation sites is 1. The largest absolute Gasteiger partial charge is 0.357 e. The number of fused-ring (bicyclic) bond motifs is 3. The lowest BCUT2D eigenvalue weighted by Gasteiger charge is -2.31. The lowest BCUT2D eigenvalue weighted by Crippen LogP contribution is -2.47. The molecule has 5 heteroatoms. The van der Waals surface area contributed by atoms with Gasteiger partial charge in [0.15, 0.2) is 0 Å². The monoisotopic (exact) mass is 326 g/mol. The number of hydrogen-bond donors (Lipinski definition) is 2. The standard InChI is InChI=1S/C19H26N4O/c1-22-9-6-14(7-10-22)20-19(24)13-23-11-8-16-15-4-2-3-5-17(15)21-18(16)12-23/h2-5,14,21H,6-13H2,1H3,(H,20,24). The Hall–Kier alpha value is -1.85. The van der Waals surface area contributed by atoms with E-state index in [1.165, 1.54) is 22.2 Å². The van der Waals surface area contributed by atoms with Crippen LogP contribution in [0.3, 0.4) is 0 Å². The molecule has 1 amide bonds. The van der Waals surface area contributed by atoms with E-state index in [4.69, 9.17) is 0 Å². The van der Waals surface area contributed by atoms with Crippen LogP contribution in [0, 0.1) is 0 Å². The number of hydrogen-bond acceptors (Lipinski definition) is 3. The number of nitrogens with zero attached hydrogens (tertiary/aromatic N) is 2. The number of carbonyl (C=O) groups excluding carboxylic acids is 1. The quantitative estimate of drug-likeness (QED) is 0.903. The third-order valence-corrected chi connectivity index (χ3v) is 5.41. The zero-order valence-electron chi connectivity index (χ0n) is 14.3. The molecule has 0 radical (unpaired) electrons. The van der Waals surface area contributed by atoms with Gasteiger partial charge in [0.05, 0.1) is 6.54 Å². The van der Waals surface area contributed by atoms with E-state index >= 15 is 0 Å². The van der Waals surface area contributed by atoms with Crippen LogP contribution in [0.15, 0.2) is 24.3 Å². The SMILES string of the molecule is CN1CCC(NC(=O)CN2CCc3c([nH]c4ccccc34)C2)CC1. The topological polar surface area (TPSA) is 51.4 Å². The summed E-state index contributed by atoms with van der Waals surface area (Å²) in [7, 11) is 2.14. The van der Waals surface area contributed by atoms with Crippen molar-refractivity contribution in [3.8, 4) is 0 Å². The normalized spacial score (nSPS) is 20.2. The van der Waals surface area contributed by atoms with Crippen molar-refractivity contribution in [2.75, 3.05) is 33.2 Å². The number of nitrogens with one attached hydrogen (secondary N) is 2. The van der Waals surface area contributed by atoms with E-state index in [1.807, 2.05) is 0 Å². The molecule has 0 saturated carbocycles. The molecule has 0 aliphatic carbocycles. The van der Waals surface area contributed by atoms with Crippen molar-refractivity contribution >= 4 is 16.8 Å². The van der Waals surface area contributed by atoms with Gasteiger partial charge < -0.3 is 15.2 Å². The van der Waals surface area contributed by atoms with E-state index in [-0.39, 0.29) is 5.91 Å². The number of rotatable bonds is 3. The first-order valence-electron chi connectivity index (χ1n) is 8.98. The average molecular weight is 326 g/mol. The zero-order chi connectivity index (χ0) is 16.5. The molecule has 128 valence electrons. The predicted octanol–water partition coefficient (Wildman–Crippen LogP) is 1.74. The maximum atomic E-state index is 12.4. The van der Waals surface area contributed by atoms with E-state index in [9.17, 15) is 4.79 Å². The molecule has 24 heavy (non-hydrogen) atoms. The highest BCUT2D eigenvalue weighted by Crippen LogP contribution is 2.27. The number of piperidine rings is 1. The maximum Gasteiger partial charge on any atom is 0.234 e. The van der Waals surface area contributed by atoms with Crippen LogP contribution in [0.1, 0.15) is 24.1 Å². The summed E-state index contributed by atoms with van der Waals surface area (Å²) >= 11 is 0. The number of aromatic nitrogens is 1. The highest BCUT2D eigenvalue weighted by molar-refractivity contribution is 5.85. The molecule has 0 spiro atoms. The van der Waals surface area contributed by atoms with Gasteiger partial charge in [-0.2, -0.15) is 0 Å². The second kappa shape index (κ2) is 6.57. The molecule has 1 fully saturated rings. The summed E-state index contributed by atoms with van der Waals surface area (Å²) in [5.74, 6) is 0.170. The molecular weight excluding hydrogens is 300 g/mol. The predicted molar refractivity (Wildman–Crippen MR) is 95.9 cm³/mol. The number of carbonyl (C=O) groups is 1. The number of benzene rings is 1. The van der Waals surface area contributed by atoms with Crippen LogP contribution in [-0.4, -0.2) is 60.0 Å². The van der Waals surface area contributed by atoms with Crippen LogP contribution in [-0.2, 0) is 17.8 Å². The summed E-state index contributed by atoms with van der Waals surface area (Å²) in [6.07, 6.45) is 3.14. The van der Waals surface area contributed by atoms with Crippen LogP contribution in [0.5, 0.6) is 0 Å². The lowest BCUT2D eigenvalue weighted by molar-refractivity contribution is -0.123. The van der Waals surface area contributed by atoms with Gasteiger partial charge in [-0.25, -0.2) is 0 Å². The summed E-state index contributed by atoms with van der Waals surface area (Å²) in [6, 6.07) is 8.83. The minimum atomic E-state index is 0.170. The highest BCUT2D eigenvalue weighted by Gasteiger charge is 2.23. The second-order valence-corrected chi connectivity index (χ2v) is 7.23. The van der Waals surface area contributed by atoms with Crippen LogP contribution in [0.2, 0.25) is 0 Å². The number of H-pyrrole nitrogens is 1. The minimum Gasteiger partial charge on any atom is -0.357 e. The van der Waals surface area contributed by atoms with Crippen molar-refractivity contribution < 1.29 is 4.79 Å². The molecule has 2 aliphatic heterocycles. The Labute approximate surface area is 143 Å². The Morgan fingerprint density at radius 1 is 1.25 bits per heavy atom. The smallest absolute Gasteiger partial charge is 0.234 e. The molecule has 4 rings (SSSR count). The Morgan fingerprint density at radius 3 is 2.88 bits per heavy atom. The first kappa shape index (κ1) is 15.7. The van der Waals surface area contributed by atoms with E-state index < -0.39 is 0 Å². The second-order valence-electron chi connectivity index (χ2n) is 7.23. The van der Waals surface area contributed by atoms with Crippen LogP contribution >= 0.6 is 0 Å². The molecule has 1 aromatic carbocycles. The third kappa shape index (κ3) is 3.19. The third-order valence-electron chi connectivity index (χ3n) is 5.41. The Morgan fingerprint density at radius 2 is 2.04 bits per heavy atom. The molecule has 1 saturated heterocycles. The summed E-state index contributed by atoms with van der Waals surface area (Å²) in [5.41, 5.74) is 3.91. The van der Waals surface area contributed by atoms with Gasteiger partial charge >= 0.3 is 0 Å². The van der Waals surface area contributed by atoms with Crippen LogP contribution in [0.25, 0.3) is 10.9 Å². The summed E-state index contributed by atoms with van der Waals surface area (Å²) in [6.45, 7) is 4.45. The van der Waals surface area contributed by atoms with E-state index in [1.54, 1.807) is 0 Å². The fraction of sp³-hybridized carbons (Fsp3) is 0.526. The van der Waals surface area contributed by atoms with Crippen LogP contribution in [0.4, 0.5) is 0 Å². The minimum absolute atomic E-state index is 0.170. The van der Waals surface area contributed by atoms with Gasteiger partial charge in [0.25, 0.3) is 0 Å². The van der Waals surface area contributed by atoms with E-state index in [0.29, 0.717) is 12.6 Å². The molecule has 2 N–H and O–H groups in total. The Kier molecular flexibility index (Phi) is 4.29. The van der Waals surface area contributed by atoms with E-state index in [2.05, 4.69) is 51.4 Å². The fourth-order valence-electron chi connectivity index (χ4n) is 4.01. The average Bonchev–Trinajstić information content (AvgIpc) is 2.94. The first-order valence-corrected chi connectivity index (χ1v) is 8.98. The molecular formula is C19H26N4O.